The van der Waals surface area contributed by atoms with Gasteiger partial charge >= 0.3 is 0 Å². The second-order valence-electron chi connectivity index (χ2n) is 5.20. The average molecular weight is 255 g/mol. The molecule has 0 amide bonds. The molecular formula is C14H19F2NO. The highest BCUT2D eigenvalue weighted by molar-refractivity contribution is 5.21. The van der Waals surface area contributed by atoms with Gasteiger partial charge in [0.25, 0.3) is 0 Å². The quantitative estimate of drug-likeness (QED) is 0.848. The van der Waals surface area contributed by atoms with Crippen LogP contribution in [-0.4, -0.2) is 17.2 Å². The van der Waals surface area contributed by atoms with Gasteiger partial charge in [-0.05, 0) is 50.3 Å². The number of rotatable bonds is 5. The minimum Gasteiger partial charge on any atom is -0.387 e. The molecule has 100 valence electrons. The molecule has 0 aliphatic heterocycles. The third-order valence-corrected chi connectivity index (χ3v) is 3.61. The minimum atomic E-state index is -0.922. The molecule has 0 radical (unpaired) electrons. The van der Waals surface area contributed by atoms with Crippen molar-refractivity contribution < 1.29 is 13.9 Å². The second kappa shape index (κ2) is 5.33. The van der Waals surface area contributed by atoms with E-state index in [1.165, 1.54) is 18.9 Å². The number of hydrogen-bond acceptors (Lipinski definition) is 2. The van der Waals surface area contributed by atoms with E-state index in [0.717, 1.165) is 12.1 Å². The van der Waals surface area contributed by atoms with Crippen LogP contribution in [-0.2, 0) is 0 Å². The monoisotopic (exact) mass is 255 g/mol. The largest absolute Gasteiger partial charge is 0.387 e. The lowest BCUT2D eigenvalue weighted by molar-refractivity contribution is 0.128. The highest BCUT2D eigenvalue weighted by Gasteiger charge is 2.30. The molecule has 1 aromatic carbocycles. The number of hydrogen-bond donors (Lipinski definition) is 2. The molecule has 0 saturated heterocycles. The maximum absolute atomic E-state index is 13.1. The van der Waals surface area contributed by atoms with Crippen molar-refractivity contribution in [2.24, 2.45) is 5.92 Å². The van der Waals surface area contributed by atoms with Gasteiger partial charge in [-0.2, -0.15) is 0 Å². The molecule has 18 heavy (non-hydrogen) atoms. The van der Waals surface area contributed by atoms with Crippen molar-refractivity contribution in [3.05, 3.63) is 35.4 Å². The van der Waals surface area contributed by atoms with Crippen LogP contribution < -0.4 is 5.32 Å². The summed E-state index contributed by atoms with van der Waals surface area (Å²) in [5.74, 6) is -1.13. The summed E-state index contributed by atoms with van der Waals surface area (Å²) in [6, 6.07) is 3.68. The smallest absolute Gasteiger partial charge is 0.159 e. The first kappa shape index (κ1) is 13.4. The Morgan fingerprint density at radius 1 is 1.22 bits per heavy atom. The van der Waals surface area contributed by atoms with Crippen molar-refractivity contribution in [1.29, 1.82) is 0 Å². The van der Waals surface area contributed by atoms with Gasteiger partial charge in [-0.3, -0.25) is 0 Å². The normalized spacial score (nSPS) is 20.5. The zero-order valence-electron chi connectivity index (χ0n) is 10.7. The van der Waals surface area contributed by atoms with Crippen LogP contribution in [0, 0.1) is 17.6 Å². The van der Waals surface area contributed by atoms with Crippen molar-refractivity contribution in [3.63, 3.8) is 0 Å². The molecule has 0 aromatic heterocycles. The van der Waals surface area contributed by atoms with Crippen LogP contribution in [0.25, 0.3) is 0 Å². The van der Waals surface area contributed by atoms with Gasteiger partial charge in [0.15, 0.2) is 11.6 Å². The summed E-state index contributed by atoms with van der Waals surface area (Å²) in [7, 11) is 0. The Labute approximate surface area is 106 Å². The molecular weight excluding hydrogens is 236 g/mol. The topological polar surface area (TPSA) is 32.3 Å². The lowest BCUT2D eigenvalue weighted by atomic mass is 10.0. The maximum Gasteiger partial charge on any atom is 0.159 e. The van der Waals surface area contributed by atoms with Gasteiger partial charge in [0.05, 0.1) is 6.10 Å². The molecule has 1 aliphatic rings. The summed E-state index contributed by atoms with van der Waals surface area (Å²) >= 11 is 0. The molecule has 3 unspecified atom stereocenters. The first-order chi connectivity index (χ1) is 8.49. The first-order valence-electron chi connectivity index (χ1n) is 6.38. The van der Waals surface area contributed by atoms with Crippen LogP contribution >= 0.6 is 0 Å². The van der Waals surface area contributed by atoms with Crippen LogP contribution in [0.4, 0.5) is 8.78 Å². The van der Waals surface area contributed by atoms with Gasteiger partial charge in [-0.25, -0.2) is 8.78 Å². The van der Waals surface area contributed by atoms with Gasteiger partial charge in [0, 0.05) is 12.1 Å². The fourth-order valence-electron chi connectivity index (χ4n) is 2.22. The Bertz CT molecular complexity index is 420. The fraction of sp³-hybridized carbons (Fsp3) is 0.571. The lowest BCUT2D eigenvalue weighted by Gasteiger charge is -2.24. The van der Waals surface area contributed by atoms with Gasteiger partial charge in [0.1, 0.15) is 0 Å². The minimum absolute atomic E-state index is 0.189. The van der Waals surface area contributed by atoms with Crippen LogP contribution in [0.3, 0.4) is 0 Å². The predicted molar refractivity (Wildman–Crippen MR) is 66.1 cm³/mol. The third-order valence-electron chi connectivity index (χ3n) is 3.61. The average Bonchev–Trinajstić information content (AvgIpc) is 3.15. The molecule has 1 aromatic rings. The molecule has 1 saturated carbocycles. The van der Waals surface area contributed by atoms with E-state index in [0.29, 0.717) is 17.5 Å². The van der Waals surface area contributed by atoms with Crippen molar-refractivity contribution in [2.45, 2.75) is 44.9 Å². The van der Waals surface area contributed by atoms with Crippen LogP contribution in [0.2, 0.25) is 0 Å². The number of aliphatic hydroxyl groups excluding tert-OH is 1. The molecule has 0 bridgehead atoms. The van der Waals surface area contributed by atoms with E-state index in [1.807, 2.05) is 6.92 Å². The fourth-order valence-corrected chi connectivity index (χ4v) is 2.22. The van der Waals surface area contributed by atoms with Crippen LogP contribution in [0.15, 0.2) is 18.2 Å². The highest BCUT2D eigenvalue weighted by Crippen LogP contribution is 2.33. The van der Waals surface area contributed by atoms with Gasteiger partial charge < -0.3 is 10.4 Å². The van der Waals surface area contributed by atoms with E-state index < -0.39 is 17.7 Å². The van der Waals surface area contributed by atoms with Crippen molar-refractivity contribution >= 4 is 0 Å². The molecule has 3 atom stereocenters. The van der Waals surface area contributed by atoms with E-state index >= 15 is 0 Å². The number of nitrogens with one attached hydrogen (secondary N) is 1. The van der Waals surface area contributed by atoms with Crippen LogP contribution in [0.5, 0.6) is 0 Å². The summed E-state index contributed by atoms with van der Waals surface area (Å²) in [5, 5.41) is 13.4. The Morgan fingerprint density at radius 3 is 2.44 bits per heavy atom. The Hall–Kier alpha value is -1.00. The van der Waals surface area contributed by atoms with E-state index in [-0.39, 0.29) is 6.04 Å². The Kier molecular flexibility index (Phi) is 3.97. The zero-order chi connectivity index (χ0) is 13.3. The highest BCUT2D eigenvalue weighted by atomic mass is 19.2. The molecule has 1 fully saturated rings. The Morgan fingerprint density at radius 2 is 1.89 bits per heavy atom. The lowest BCUT2D eigenvalue weighted by Crippen LogP contribution is -2.39. The Balaban J connectivity index is 2.00. The van der Waals surface area contributed by atoms with E-state index in [2.05, 4.69) is 12.2 Å². The van der Waals surface area contributed by atoms with Crippen LogP contribution in [0.1, 0.15) is 38.4 Å². The van der Waals surface area contributed by atoms with E-state index in [4.69, 9.17) is 0 Å². The standard InChI is InChI=1S/C14H19F2NO/c1-8(10-3-4-10)17-9(2)14(18)11-5-6-12(15)13(16)7-11/h5-10,14,17-18H,3-4H2,1-2H3. The molecule has 1 aliphatic carbocycles. The summed E-state index contributed by atoms with van der Waals surface area (Å²) in [4.78, 5) is 0. The third kappa shape index (κ3) is 3.06. The van der Waals surface area contributed by atoms with Crippen molar-refractivity contribution in [1.82, 2.24) is 5.32 Å². The molecule has 2 rings (SSSR count). The number of halogens is 2. The SMILES string of the molecule is CC(NC(C)C(O)c1ccc(F)c(F)c1)C1CC1. The number of aliphatic hydroxyl groups is 1. The first-order valence-corrected chi connectivity index (χ1v) is 6.38. The summed E-state index contributed by atoms with van der Waals surface area (Å²) < 4.78 is 25.9. The molecule has 2 nitrogen and oxygen atoms in total. The van der Waals surface area contributed by atoms with Crippen molar-refractivity contribution in [2.75, 3.05) is 0 Å². The predicted octanol–water partition coefficient (Wildman–Crippen LogP) is 2.77. The number of benzene rings is 1. The van der Waals surface area contributed by atoms with Gasteiger partial charge in [0.2, 0.25) is 0 Å². The zero-order valence-corrected chi connectivity index (χ0v) is 10.7. The molecule has 2 N–H and O–H groups in total. The maximum atomic E-state index is 13.1. The van der Waals surface area contributed by atoms with E-state index in [9.17, 15) is 13.9 Å². The van der Waals surface area contributed by atoms with Gasteiger partial charge in [-0.15, -0.1) is 0 Å². The van der Waals surface area contributed by atoms with Gasteiger partial charge in [-0.1, -0.05) is 6.07 Å². The summed E-state index contributed by atoms with van der Waals surface area (Å²) in [5.41, 5.74) is 0.400. The second-order valence-corrected chi connectivity index (χ2v) is 5.20. The summed E-state index contributed by atoms with van der Waals surface area (Å²) in [6.07, 6.45) is 1.62. The molecule has 0 heterocycles. The molecule has 4 heteroatoms. The van der Waals surface area contributed by atoms with Crippen molar-refractivity contribution in [3.8, 4) is 0 Å². The molecule has 0 spiro atoms. The van der Waals surface area contributed by atoms with E-state index in [1.54, 1.807) is 0 Å². The summed E-state index contributed by atoms with van der Waals surface area (Å²) in [6.45, 7) is 3.94.